The van der Waals surface area contributed by atoms with Crippen molar-refractivity contribution in [3.05, 3.63) is 29.8 Å². The van der Waals surface area contributed by atoms with Gasteiger partial charge in [-0.05, 0) is 37.7 Å². The third-order valence-corrected chi connectivity index (χ3v) is 4.67. The second kappa shape index (κ2) is 5.31. The Morgan fingerprint density at radius 1 is 1.28 bits per heavy atom. The maximum Gasteiger partial charge on any atom is 0.0781 e. The fourth-order valence-corrected chi connectivity index (χ4v) is 3.10. The Labute approximate surface area is 111 Å². The summed E-state index contributed by atoms with van der Waals surface area (Å²) in [5.41, 5.74) is 2.75. The fourth-order valence-electron chi connectivity index (χ4n) is 3.10. The molecule has 1 saturated heterocycles. The molecule has 1 aliphatic heterocycles. The normalized spacial score (nSPS) is 20.1. The third-order valence-electron chi connectivity index (χ3n) is 4.67. The zero-order valence-electron chi connectivity index (χ0n) is 11.8. The topological polar surface area (TPSA) is 23.5 Å². The molecule has 2 nitrogen and oxygen atoms in total. The summed E-state index contributed by atoms with van der Waals surface area (Å²) < 4.78 is 0. The van der Waals surface area contributed by atoms with Crippen LogP contribution in [-0.2, 0) is 0 Å². The summed E-state index contributed by atoms with van der Waals surface area (Å²) in [6, 6.07) is 8.26. The minimum absolute atomic E-state index is 0.389. The highest BCUT2D eigenvalue weighted by Crippen LogP contribution is 2.40. The number of para-hydroxylation sites is 1. The van der Waals surface area contributed by atoms with E-state index in [9.17, 15) is 5.11 Å². The molecule has 1 fully saturated rings. The summed E-state index contributed by atoms with van der Waals surface area (Å²) in [5, 5.41) is 9.88. The SMILES string of the molecule is CCC1(CC)CCN(c2ccccc2C(C)O)C1. The molecule has 0 bridgehead atoms. The van der Waals surface area contributed by atoms with Gasteiger partial charge in [0.2, 0.25) is 0 Å². The van der Waals surface area contributed by atoms with Crippen LogP contribution in [0.4, 0.5) is 5.69 Å². The van der Waals surface area contributed by atoms with Gasteiger partial charge >= 0.3 is 0 Å². The molecule has 0 aliphatic carbocycles. The van der Waals surface area contributed by atoms with E-state index in [1.54, 1.807) is 0 Å². The minimum atomic E-state index is -0.389. The molecule has 1 aromatic rings. The number of aliphatic hydroxyl groups is 1. The van der Waals surface area contributed by atoms with E-state index in [2.05, 4.69) is 30.9 Å². The number of hydrogen-bond donors (Lipinski definition) is 1. The Morgan fingerprint density at radius 3 is 2.50 bits per heavy atom. The molecule has 100 valence electrons. The molecule has 1 N–H and O–H groups in total. The Bertz CT molecular complexity index is 396. The molecule has 0 radical (unpaired) electrons. The standard InChI is InChI=1S/C16H25NO/c1-4-16(5-2)10-11-17(12-16)15-9-7-6-8-14(15)13(3)18/h6-9,13,18H,4-5,10-12H2,1-3H3. The quantitative estimate of drug-likeness (QED) is 0.875. The number of aliphatic hydroxyl groups excluding tert-OH is 1. The van der Waals surface area contributed by atoms with Crippen molar-refractivity contribution in [3.63, 3.8) is 0 Å². The van der Waals surface area contributed by atoms with Gasteiger partial charge in [-0.15, -0.1) is 0 Å². The van der Waals surface area contributed by atoms with Crippen molar-refractivity contribution < 1.29 is 5.11 Å². The number of rotatable bonds is 4. The highest BCUT2D eigenvalue weighted by molar-refractivity contribution is 5.55. The van der Waals surface area contributed by atoms with E-state index in [1.165, 1.54) is 24.9 Å². The van der Waals surface area contributed by atoms with Gasteiger partial charge in [0.25, 0.3) is 0 Å². The largest absolute Gasteiger partial charge is 0.389 e. The van der Waals surface area contributed by atoms with E-state index in [1.807, 2.05) is 19.1 Å². The highest BCUT2D eigenvalue weighted by Gasteiger charge is 2.35. The molecule has 18 heavy (non-hydrogen) atoms. The molecule has 0 saturated carbocycles. The molecule has 2 heteroatoms. The maximum absolute atomic E-state index is 9.88. The van der Waals surface area contributed by atoms with Crippen LogP contribution in [0.5, 0.6) is 0 Å². The van der Waals surface area contributed by atoms with Gasteiger partial charge in [-0.25, -0.2) is 0 Å². The maximum atomic E-state index is 9.88. The Hall–Kier alpha value is -1.02. The summed E-state index contributed by atoms with van der Waals surface area (Å²) >= 11 is 0. The summed E-state index contributed by atoms with van der Waals surface area (Å²) in [6.45, 7) is 8.69. The van der Waals surface area contributed by atoms with Crippen LogP contribution < -0.4 is 4.90 Å². The molecule has 1 unspecified atom stereocenters. The molecule has 1 atom stereocenters. The van der Waals surface area contributed by atoms with Crippen molar-refractivity contribution in [2.75, 3.05) is 18.0 Å². The first kappa shape index (κ1) is 13.4. The van der Waals surface area contributed by atoms with Gasteiger partial charge in [0.05, 0.1) is 6.10 Å². The van der Waals surface area contributed by atoms with E-state index in [0.29, 0.717) is 5.41 Å². The van der Waals surface area contributed by atoms with E-state index < -0.39 is 0 Å². The predicted octanol–water partition coefficient (Wildman–Crippen LogP) is 3.76. The van der Waals surface area contributed by atoms with E-state index in [4.69, 9.17) is 0 Å². The smallest absolute Gasteiger partial charge is 0.0781 e. The molecule has 2 rings (SSSR count). The van der Waals surface area contributed by atoms with Crippen molar-refractivity contribution in [3.8, 4) is 0 Å². The second-order valence-corrected chi connectivity index (χ2v) is 5.61. The Kier molecular flexibility index (Phi) is 3.96. The molecule has 1 aromatic carbocycles. The molecule has 0 spiro atoms. The van der Waals surface area contributed by atoms with Crippen LogP contribution in [0.2, 0.25) is 0 Å². The lowest BCUT2D eigenvalue weighted by Gasteiger charge is -2.28. The first-order chi connectivity index (χ1) is 8.62. The van der Waals surface area contributed by atoms with Crippen LogP contribution in [0.25, 0.3) is 0 Å². The van der Waals surface area contributed by atoms with Crippen molar-refractivity contribution in [2.45, 2.75) is 46.1 Å². The minimum Gasteiger partial charge on any atom is -0.389 e. The first-order valence-corrected chi connectivity index (χ1v) is 7.14. The lowest BCUT2D eigenvalue weighted by Crippen LogP contribution is -2.27. The van der Waals surface area contributed by atoms with Gasteiger partial charge in [-0.3, -0.25) is 0 Å². The fraction of sp³-hybridized carbons (Fsp3) is 0.625. The van der Waals surface area contributed by atoms with Crippen LogP contribution in [0, 0.1) is 5.41 Å². The molecule has 1 heterocycles. The van der Waals surface area contributed by atoms with E-state index >= 15 is 0 Å². The molecular weight excluding hydrogens is 222 g/mol. The summed E-state index contributed by atoms with van der Waals surface area (Å²) in [7, 11) is 0. The van der Waals surface area contributed by atoms with Gasteiger partial charge in [0.1, 0.15) is 0 Å². The first-order valence-electron chi connectivity index (χ1n) is 7.14. The van der Waals surface area contributed by atoms with Gasteiger partial charge < -0.3 is 10.0 Å². The van der Waals surface area contributed by atoms with Crippen molar-refractivity contribution in [2.24, 2.45) is 5.41 Å². The average molecular weight is 247 g/mol. The van der Waals surface area contributed by atoms with Crippen LogP contribution in [-0.4, -0.2) is 18.2 Å². The zero-order valence-corrected chi connectivity index (χ0v) is 11.8. The van der Waals surface area contributed by atoms with Crippen molar-refractivity contribution in [1.29, 1.82) is 0 Å². The molecule has 1 aliphatic rings. The van der Waals surface area contributed by atoms with E-state index in [-0.39, 0.29) is 6.10 Å². The monoisotopic (exact) mass is 247 g/mol. The van der Waals surface area contributed by atoms with E-state index in [0.717, 1.165) is 18.7 Å². The number of benzene rings is 1. The van der Waals surface area contributed by atoms with Crippen LogP contribution in [0.1, 0.15) is 51.7 Å². The number of anilines is 1. The Morgan fingerprint density at radius 2 is 1.94 bits per heavy atom. The van der Waals surface area contributed by atoms with Crippen molar-refractivity contribution >= 4 is 5.69 Å². The van der Waals surface area contributed by atoms with Crippen LogP contribution >= 0.6 is 0 Å². The number of nitrogens with zero attached hydrogens (tertiary/aromatic N) is 1. The van der Waals surface area contributed by atoms with Gasteiger partial charge in [-0.2, -0.15) is 0 Å². The van der Waals surface area contributed by atoms with Gasteiger partial charge in [0.15, 0.2) is 0 Å². The number of hydrogen-bond acceptors (Lipinski definition) is 2. The lowest BCUT2D eigenvalue weighted by atomic mass is 9.82. The van der Waals surface area contributed by atoms with Crippen LogP contribution in [0.3, 0.4) is 0 Å². The summed E-state index contributed by atoms with van der Waals surface area (Å²) in [4.78, 5) is 2.45. The van der Waals surface area contributed by atoms with Gasteiger partial charge in [-0.1, -0.05) is 32.0 Å². The molecule has 0 amide bonds. The third kappa shape index (κ3) is 2.39. The lowest BCUT2D eigenvalue weighted by molar-refractivity contribution is 0.199. The predicted molar refractivity (Wildman–Crippen MR) is 76.9 cm³/mol. The average Bonchev–Trinajstić information content (AvgIpc) is 2.83. The zero-order chi connectivity index (χ0) is 13.2. The summed E-state index contributed by atoms with van der Waals surface area (Å²) in [5.74, 6) is 0. The summed E-state index contributed by atoms with van der Waals surface area (Å²) in [6.07, 6.45) is 3.38. The molecule has 0 aromatic heterocycles. The Balaban J connectivity index is 2.24. The van der Waals surface area contributed by atoms with Gasteiger partial charge in [0, 0.05) is 24.3 Å². The van der Waals surface area contributed by atoms with Crippen molar-refractivity contribution in [1.82, 2.24) is 0 Å². The van der Waals surface area contributed by atoms with Crippen LogP contribution in [0.15, 0.2) is 24.3 Å². The highest BCUT2D eigenvalue weighted by atomic mass is 16.3. The molecular formula is C16H25NO. The second-order valence-electron chi connectivity index (χ2n) is 5.61.